The van der Waals surface area contributed by atoms with E-state index in [9.17, 15) is 9.46 Å². The third-order valence-electron chi connectivity index (χ3n) is 7.74. The van der Waals surface area contributed by atoms with Crippen LogP contribution in [-0.4, -0.2) is 30.9 Å². The topological polar surface area (TPSA) is 40.1 Å². The quantitative estimate of drug-likeness (QED) is 0.0544. The standard InChI is InChI=1S/C30H61NO2P/c1-6-8-9-10-11-12-13-14-15-16-17-18-19-20-21-22-23-24-25-26-27-28-29-30(7-2,34(32)33)31(3,4)5/h15-16H,6-14,17-29H2,1-5H3/q+1. The van der Waals surface area contributed by atoms with E-state index >= 15 is 0 Å². The summed E-state index contributed by atoms with van der Waals surface area (Å²) in [5.74, 6) is 0. The van der Waals surface area contributed by atoms with Gasteiger partial charge in [0.25, 0.3) is 5.28 Å². The van der Waals surface area contributed by atoms with E-state index < -0.39 is 13.3 Å². The molecule has 0 aliphatic carbocycles. The Morgan fingerprint density at radius 1 is 0.618 bits per heavy atom. The molecule has 0 radical (unpaired) electrons. The minimum atomic E-state index is -2.42. The van der Waals surface area contributed by atoms with Crippen molar-refractivity contribution >= 4 is 8.03 Å². The molecule has 0 aromatic rings. The Balaban J connectivity index is 3.46. The van der Waals surface area contributed by atoms with Crippen molar-refractivity contribution in [3.63, 3.8) is 0 Å². The number of nitrogens with zero attached hydrogens (tertiary/aromatic N) is 1. The maximum Gasteiger partial charge on any atom is 0.376 e. The third-order valence-corrected chi connectivity index (χ3v) is 9.56. The summed E-state index contributed by atoms with van der Waals surface area (Å²) in [7, 11) is 3.64. The first-order valence-electron chi connectivity index (χ1n) is 14.9. The van der Waals surface area contributed by atoms with Gasteiger partial charge in [-0.25, -0.2) is 0 Å². The zero-order valence-corrected chi connectivity index (χ0v) is 24.8. The first kappa shape index (κ1) is 33.8. The molecule has 0 rings (SSSR count). The molecule has 0 N–H and O–H groups in total. The van der Waals surface area contributed by atoms with Crippen LogP contribution in [0.25, 0.3) is 0 Å². The molecule has 0 aliphatic rings. The average Bonchev–Trinajstić information content (AvgIpc) is 2.78. The van der Waals surface area contributed by atoms with Crippen molar-refractivity contribution < 1.29 is 13.9 Å². The number of rotatable bonds is 25. The van der Waals surface area contributed by atoms with Crippen LogP contribution >= 0.6 is 8.03 Å². The van der Waals surface area contributed by atoms with Crippen LogP contribution in [0.5, 0.6) is 0 Å². The van der Waals surface area contributed by atoms with Gasteiger partial charge in [-0.1, -0.05) is 127 Å². The molecular weight excluding hydrogens is 437 g/mol. The second-order valence-corrected chi connectivity index (χ2v) is 12.8. The van der Waals surface area contributed by atoms with Gasteiger partial charge in [-0.15, -0.1) is 0 Å². The Hall–Kier alpha value is -0.240. The number of quaternary nitrogens is 1. The van der Waals surface area contributed by atoms with Crippen LogP contribution in [0.1, 0.15) is 155 Å². The van der Waals surface area contributed by atoms with Crippen molar-refractivity contribution in [2.45, 2.75) is 160 Å². The highest BCUT2D eigenvalue weighted by Gasteiger charge is 2.52. The van der Waals surface area contributed by atoms with E-state index in [1.54, 1.807) is 0 Å². The second kappa shape index (κ2) is 22.0. The Morgan fingerprint density at radius 3 is 1.29 bits per heavy atom. The molecule has 0 aromatic heterocycles. The fourth-order valence-electron chi connectivity index (χ4n) is 5.17. The number of allylic oxidation sites excluding steroid dienone is 2. The molecular formula is C30H61NO2P+. The molecule has 0 fully saturated rings. The Morgan fingerprint density at radius 2 is 0.971 bits per heavy atom. The first-order valence-corrected chi connectivity index (χ1v) is 16.1. The molecule has 0 aromatic carbocycles. The number of hydrogen-bond donors (Lipinski definition) is 0. The molecule has 202 valence electrons. The van der Waals surface area contributed by atoms with Gasteiger partial charge in [-0.05, 0) is 32.1 Å². The molecule has 0 bridgehead atoms. The van der Waals surface area contributed by atoms with E-state index in [4.69, 9.17) is 0 Å². The Bertz CT molecular complexity index is 501. The first-order chi connectivity index (χ1) is 16.3. The summed E-state index contributed by atoms with van der Waals surface area (Å²) in [6.45, 7) is 4.30. The summed E-state index contributed by atoms with van der Waals surface area (Å²) >= 11 is 0. The van der Waals surface area contributed by atoms with Gasteiger partial charge in [0.2, 0.25) is 0 Å². The minimum Gasteiger partial charge on any atom is -0.590 e. The van der Waals surface area contributed by atoms with Gasteiger partial charge in [-0.3, -0.25) is 4.48 Å². The lowest BCUT2D eigenvalue weighted by molar-refractivity contribution is -0.910. The van der Waals surface area contributed by atoms with E-state index in [0.717, 1.165) is 19.3 Å². The highest BCUT2D eigenvalue weighted by Crippen LogP contribution is 2.44. The lowest BCUT2D eigenvalue weighted by Crippen LogP contribution is -2.55. The molecule has 0 spiro atoms. The van der Waals surface area contributed by atoms with E-state index in [-0.39, 0.29) is 0 Å². The monoisotopic (exact) mass is 498 g/mol. The molecule has 0 saturated heterocycles. The van der Waals surface area contributed by atoms with Gasteiger partial charge < -0.3 is 4.89 Å². The largest absolute Gasteiger partial charge is 0.590 e. The van der Waals surface area contributed by atoms with Gasteiger partial charge in [0.15, 0.2) is 0 Å². The summed E-state index contributed by atoms with van der Waals surface area (Å²) in [6, 6.07) is 0. The fraction of sp³-hybridized carbons (Fsp3) is 0.933. The Labute approximate surface area is 215 Å². The highest BCUT2D eigenvalue weighted by atomic mass is 31.1. The molecule has 4 heteroatoms. The van der Waals surface area contributed by atoms with E-state index in [1.165, 1.54) is 116 Å². The van der Waals surface area contributed by atoms with Crippen LogP contribution in [-0.2, 0) is 4.57 Å². The average molecular weight is 499 g/mol. The Kier molecular flexibility index (Phi) is 21.8. The lowest BCUT2D eigenvalue weighted by atomic mass is 10.0. The predicted octanol–water partition coefficient (Wildman–Crippen LogP) is 9.67. The molecule has 2 atom stereocenters. The van der Waals surface area contributed by atoms with Crippen LogP contribution in [0.4, 0.5) is 0 Å². The van der Waals surface area contributed by atoms with E-state index in [2.05, 4.69) is 19.1 Å². The summed E-state index contributed by atoms with van der Waals surface area (Å²) < 4.78 is 12.5. The summed E-state index contributed by atoms with van der Waals surface area (Å²) in [5.41, 5.74) is 0. The summed E-state index contributed by atoms with van der Waals surface area (Å²) in [4.78, 5) is 12.0. The molecule has 0 amide bonds. The highest BCUT2D eigenvalue weighted by molar-refractivity contribution is 7.38. The van der Waals surface area contributed by atoms with Crippen molar-refractivity contribution in [2.75, 3.05) is 21.1 Å². The van der Waals surface area contributed by atoms with Crippen LogP contribution in [0, 0.1) is 0 Å². The van der Waals surface area contributed by atoms with Crippen LogP contribution in [0.15, 0.2) is 12.2 Å². The lowest BCUT2D eigenvalue weighted by Gasteiger charge is -2.39. The molecule has 34 heavy (non-hydrogen) atoms. The van der Waals surface area contributed by atoms with Gasteiger partial charge in [-0.2, -0.15) is 0 Å². The van der Waals surface area contributed by atoms with Gasteiger partial charge in [0.1, 0.15) is 0 Å². The molecule has 0 aliphatic heterocycles. The SMILES string of the molecule is CCCCCCCCCC=CCCCCCCCCCCCCCC(CC)([P+](=O)[O-])[N+](C)(C)C. The maximum atomic E-state index is 12.0. The van der Waals surface area contributed by atoms with Crippen molar-refractivity contribution in [1.82, 2.24) is 0 Å². The molecule has 0 heterocycles. The van der Waals surface area contributed by atoms with Crippen LogP contribution in [0.3, 0.4) is 0 Å². The van der Waals surface area contributed by atoms with Gasteiger partial charge >= 0.3 is 8.03 Å². The van der Waals surface area contributed by atoms with Crippen LogP contribution < -0.4 is 4.89 Å². The third kappa shape index (κ3) is 16.4. The van der Waals surface area contributed by atoms with Crippen molar-refractivity contribution in [2.24, 2.45) is 0 Å². The molecule has 0 saturated carbocycles. The van der Waals surface area contributed by atoms with Crippen molar-refractivity contribution in [1.29, 1.82) is 0 Å². The zero-order valence-electron chi connectivity index (χ0n) is 23.9. The smallest absolute Gasteiger partial charge is 0.376 e. The number of unbranched alkanes of at least 4 members (excludes halogenated alkanes) is 18. The maximum absolute atomic E-state index is 12.0. The van der Waals surface area contributed by atoms with E-state index in [0.29, 0.717) is 10.9 Å². The molecule has 3 nitrogen and oxygen atoms in total. The molecule has 2 unspecified atom stereocenters. The van der Waals surface area contributed by atoms with Crippen molar-refractivity contribution in [3.05, 3.63) is 12.2 Å². The summed E-state index contributed by atoms with van der Waals surface area (Å²) in [5, 5.41) is -0.599. The zero-order chi connectivity index (χ0) is 25.5. The normalized spacial score (nSPS) is 14.6. The van der Waals surface area contributed by atoms with Crippen molar-refractivity contribution in [3.8, 4) is 0 Å². The van der Waals surface area contributed by atoms with E-state index in [1.807, 2.05) is 28.1 Å². The second-order valence-electron chi connectivity index (χ2n) is 11.4. The van der Waals surface area contributed by atoms with Gasteiger partial charge in [0.05, 0.1) is 21.1 Å². The fourth-order valence-corrected chi connectivity index (χ4v) is 6.26. The summed E-state index contributed by atoms with van der Waals surface area (Å²) in [6.07, 6.45) is 33.0. The van der Waals surface area contributed by atoms with Crippen LogP contribution in [0.2, 0.25) is 0 Å². The minimum absolute atomic E-state index is 0.512. The van der Waals surface area contributed by atoms with Gasteiger partial charge in [0, 0.05) is 12.8 Å². The number of hydrogen-bond acceptors (Lipinski definition) is 2. The predicted molar refractivity (Wildman–Crippen MR) is 150 cm³/mol.